The van der Waals surface area contributed by atoms with Crippen LogP contribution in [0.3, 0.4) is 0 Å². The first-order valence-corrected chi connectivity index (χ1v) is 6.78. The lowest BCUT2D eigenvalue weighted by atomic mass is 9.98. The summed E-state index contributed by atoms with van der Waals surface area (Å²) in [5, 5.41) is 58.5. The summed E-state index contributed by atoms with van der Waals surface area (Å²) in [4.78, 5) is 0. The number of aliphatic hydroxyl groups is 6. The third-order valence-electron chi connectivity index (χ3n) is 3.90. The van der Waals surface area contributed by atoms with E-state index in [-0.39, 0.29) is 0 Å². The van der Waals surface area contributed by atoms with Crippen molar-refractivity contribution in [1.82, 2.24) is 0 Å². The Morgan fingerprint density at radius 2 is 1.19 bits per heavy atom. The summed E-state index contributed by atoms with van der Waals surface area (Å²) >= 11 is 0. The largest absolute Gasteiger partial charge is 0.388 e. The molecule has 21 heavy (non-hydrogen) atoms. The van der Waals surface area contributed by atoms with Gasteiger partial charge in [0.2, 0.25) is 0 Å². The first kappa shape index (κ1) is 17.0. The van der Waals surface area contributed by atoms with Crippen molar-refractivity contribution < 1.29 is 44.8 Å². The maximum Gasteiger partial charge on any atom is 0.187 e. The van der Waals surface area contributed by atoms with E-state index >= 15 is 0 Å². The van der Waals surface area contributed by atoms with E-state index in [2.05, 4.69) is 0 Å². The monoisotopic (exact) mass is 310 g/mol. The number of hydrogen-bond donors (Lipinski definition) is 6. The van der Waals surface area contributed by atoms with Crippen molar-refractivity contribution in [2.45, 2.75) is 75.3 Å². The molecule has 2 fully saturated rings. The molecule has 6 N–H and O–H groups in total. The Kier molecular flexibility index (Phi) is 5.19. The Morgan fingerprint density at radius 3 is 1.81 bits per heavy atom. The van der Waals surface area contributed by atoms with E-state index in [4.69, 9.17) is 14.2 Å². The molecule has 0 aromatic heterocycles. The Bertz CT molecular complexity index is 354. The average Bonchev–Trinajstić information content (AvgIpc) is 2.44. The van der Waals surface area contributed by atoms with Crippen LogP contribution in [0.5, 0.6) is 0 Å². The van der Waals surface area contributed by atoms with Crippen molar-refractivity contribution in [2.75, 3.05) is 0 Å². The van der Waals surface area contributed by atoms with E-state index in [0.717, 1.165) is 0 Å². The summed E-state index contributed by atoms with van der Waals surface area (Å²) in [7, 11) is 0. The van der Waals surface area contributed by atoms with Gasteiger partial charge >= 0.3 is 0 Å². The van der Waals surface area contributed by atoms with Crippen molar-refractivity contribution >= 4 is 0 Å². The third-order valence-corrected chi connectivity index (χ3v) is 3.90. The minimum atomic E-state index is -1.58. The second-order valence-electron chi connectivity index (χ2n) is 5.50. The van der Waals surface area contributed by atoms with Gasteiger partial charge < -0.3 is 44.8 Å². The fourth-order valence-corrected chi connectivity index (χ4v) is 2.45. The molecule has 2 heterocycles. The molecule has 0 aromatic carbocycles. The molecule has 2 rings (SSSR count). The summed E-state index contributed by atoms with van der Waals surface area (Å²) in [5.74, 6) is 0. The van der Waals surface area contributed by atoms with Crippen molar-refractivity contribution in [2.24, 2.45) is 0 Å². The van der Waals surface area contributed by atoms with Gasteiger partial charge in [0, 0.05) is 0 Å². The van der Waals surface area contributed by atoms with Gasteiger partial charge in [-0.05, 0) is 13.8 Å². The molecule has 0 radical (unpaired) electrons. The van der Waals surface area contributed by atoms with Gasteiger partial charge in [-0.25, -0.2) is 0 Å². The molecule has 0 aromatic rings. The van der Waals surface area contributed by atoms with Gasteiger partial charge in [0.25, 0.3) is 0 Å². The molecule has 9 heteroatoms. The van der Waals surface area contributed by atoms with E-state index in [9.17, 15) is 30.6 Å². The number of ether oxygens (including phenoxy) is 3. The lowest BCUT2D eigenvalue weighted by Gasteiger charge is -2.44. The molecule has 1 unspecified atom stereocenters. The van der Waals surface area contributed by atoms with E-state index in [1.54, 1.807) is 0 Å². The Morgan fingerprint density at radius 1 is 0.667 bits per heavy atom. The summed E-state index contributed by atoms with van der Waals surface area (Å²) in [6.45, 7) is 2.94. The van der Waals surface area contributed by atoms with Crippen LogP contribution in [0.4, 0.5) is 0 Å². The van der Waals surface area contributed by atoms with Gasteiger partial charge in [-0.2, -0.15) is 0 Å². The zero-order valence-electron chi connectivity index (χ0n) is 11.7. The summed E-state index contributed by atoms with van der Waals surface area (Å²) in [6, 6.07) is 0. The normalized spacial score (nSPS) is 55.4. The first-order chi connectivity index (χ1) is 9.73. The lowest BCUT2D eigenvalue weighted by molar-refractivity contribution is -0.356. The highest BCUT2D eigenvalue weighted by Gasteiger charge is 2.48. The molecule has 0 spiro atoms. The highest BCUT2D eigenvalue weighted by molar-refractivity contribution is 4.91. The molecule has 2 aliphatic rings. The van der Waals surface area contributed by atoms with Crippen LogP contribution in [-0.2, 0) is 14.2 Å². The SMILES string of the molecule is C[C@@H]1OC(O)[C@H](O[C@H]2O[C@H](C)[C@@H](O)[C@H](O)[C@@H]2O)[C@H](O)[C@H]1O. The second-order valence-corrected chi connectivity index (χ2v) is 5.50. The maximum atomic E-state index is 9.91. The zero-order valence-corrected chi connectivity index (χ0v) is 11.7. The van der Waals surface area contributed by atoms with E-state index < -0.39 is 61.4 Å². The van der Waals surface area contributed by atoms with Crippen molar-refractivity contribution in [1.29, 1.82) is 0 Å². The van der Waals surface area contributed by atoms with E-state index in [1.807, 2.05) is 0 Å². The average molecular weight is 310 g/mol. The number of hydrogen-bond acceptors (Lipinski definition) is 9. The van der Waals surface area contributed by atoms with Crippen LogP contribution < -0.4 is 0 Å². The zero-order chi connectivity index (χ0) is 15.9. The molecule has 0 bridgehead atoms. The maximum absolute atomic E-state index is 9.91. The van der Waals surface area contributed by atoms with Gasteiger partial charge in [-0.15, -0.1) is 0 Å². The molecular weight excluding hydrogens is 288 g/mol. The molecular formula is C12H22O9. The molecule has 0 amide bonds. The minimum absolute atomic E-state index is 0.793. The topological polar surface area (TPSA) is 149 Å². The lowest BCUT2D eigenvalue weighted by Crippen LogP contribution is -2.62. The first-order valence-electron chi connectivity index (χ1n) is 6.78. The van der Waals surface area contributed by atoms with Crippen molar-refractivity contribution in [3.63, 3.8) is 0 Å². The van der Waals surface area contributed by atoms with E-state index in [1.165, 1.54) is 13.8 Å². The minimum Gasteiger partial charge on any atom is -0.388 e. The van der Waals surface area contributed by atoms with Gasteiger partial charge in [0.05, 0.1) is 12.2 Å². The standard InChI is InChI=1S/C12H22O9/c1-3-6(14)8(16)10(11(18)19-3)21-12-9(17)7(15)5(13)4(2)20-12/h3-18H,1-2H3/t3-,4+,5+,6-,7-,8+,9-,10+,11?,12+/m0/s1. The quantitative estimate of drug-likeness (QED) is 0.308. The Labute approximate surface area is 121 Å². The summed E-state index contributed by atoms with van der Waals surface area (Å²) in [5.41, 5.74) is 0. The van der Waals surface area contributed by atoms with Crippen molar-refractivity contribution in [3.05, 3.63) is 0 Å². The van der Waals surface area contributed by atoms with E-state index in [0.29, 0.717) is 0 Å². The third kappa shape index (κ3) is 3.21. The Hall–Kier alpha value is -0.360. The molecule has 0 saturated carbocycles. The molecule has 9 nitrogen and oxygen atoms in total. The van der Waals surface area contributed by atoms with Crippen LogP contribution in [-0.4, -0.2) is 92.1 Å². The highest BCUT2D eigenvalue weighted by atomic mass is 16.7. The fourth-order valence-electron chi connectivity index (χ4n) is 2.45. The predicted octanol–water partition coefficient (Wildman–Crippen LogP) is -3.34. The van der Waals surface area contributed by atoms with Crippen LogP contribution in [0.1, 0.15) is 13.8 Å². The van der Waals surface area contributed by atoms with Crippen LogP contribution in [0, 0.1) is 0 Å². The van der Waals surface area contributed by atoms with Crippen molar-refractivity contribution in [3.8, 4) is 0 Å². The van der Waals surface area contributed by atoms with Crippen LogP contribution in [0.15, 0.2) is 0 Å². The fraction of sp³-hybridized carbons (Fsp3) is 1.00. The summed E-state index contributed by atoms with van der Waals surface area (Å²) in [6.07, 6.45) is -13.0. The van der Waals surface area contributed by atoms with Gasteiger partial charge in [0.1, 0.15) is 36.6 Å². The van der Waals surface area contributed by atoms with Crippen LogP contribution >= 0.6 is 0 Å². The van der Waals surface area contributed by atoms with Gasteiger partial charge in [-0.3, -0.25) is 0 Å². The van der Waals surface area contributed by atoms with Crippen LogP contribution in [0.2, 0.25) is 0 Å². The molecule has 124 valence electrons. The summed E-state index contributed by atoms with van der Waals surface area (Å²) < 4.78 is 15.5. The number of aliphatic hydroxyl groups excluding tert-OH is 6. The molecule has 2 aliphatic heterocycles. The Balaban J connectivity index is 2.06. The second kappa shape index (κ2) is 6.41. The molecule has 2 saturated heterocycles. The van der Waals surface area contributed by atoms with Crippen LogP contribution in [0.25, 0.3) is 0 Å². The van der Waals surface area contributed by atoms with Gasteiger partial charge in [0.15, 0.2) is 12.6 Å². The smallest absolute Gasteiger partial charge is 0.187 e. The highest BCUT2D eigenvalue weighted by Crippen LogP contribution is 2.28. The number of rotatable bonds is 2. The predicted molar refractivity (Wildman–Crippen MR) is 65.8 cm³/mol. The molecule has 10 atom stereocenters. The molecule has 0 aliphatic carbocycles. The van der Waals surface area contributed by atoms with Gasteiger partial charge in [-0.1, -0.05) is 0 Å².